The van der Waals surface area contributed by atoms with Gasteiger partial charge >= 0.3 is 5.97 Å². The second-order valence-corrected chi connectivity index (χ2v) is 6.03. The van der Waals surface area contributed by atoms with Crippen molar-refractivity contribution >= 4 is 34.2 Å². The summed E-state index contributed by atoms with van der Waals surface area (Å²) in [5.74, 6) is -1.13. The van der Waals surface area contributed by atoms with Crippen LogP contribution in [0.3, 0.4) is 0 Å². The van der Waals surface area contributed by atoms with Gasteiger partial charge in [0.2, 0.25) is 0 Å². The van der Waals surface area contributed by atoms with Gasteiger partial charge in [0.25, 0.3) is 0 Å². The van der Waals surface area contributed by atoms with Gasteiger partial charge in [0.15, 0.2) is 0 Å². The highest BCUT2D eigenvalue weighted by Gasteiger charge is 2.60. The molecule has 0 unspecified atom stereocenters. The monoisotopic (exact) mass is 284 g/mol. The fourth-order valence-electron chi connectivity index (χ4n) is 2.32. The van der Waals surface area contributed by atoms with Crippen molar-refractivity contribution in [2.24, 2.45) is 17.3 Å². The Labute approximate surface area is 116 Å². The van der Waals surface area contributed by atoms with Crippen molar-refractivity contribution in [3.05, 3.63) is 40.9 Å². The van der Waals surface area contributed by atoms with E-state index in [9.17, 15) is 4.79 Å². The number of carbonyl (C=O) groups is 1. The maximum atomic E-state index is 11.1. The van der Waals surface area contributed by atoms with Crippen molar-refractivity contribution in [3.63, 3.8) is 0 Å². The molecule has 0 aromatic heterocycles. The maximum absolute atomic E-state index is 11.1. The SMILES string of the molecule is CC1(C)[C@@H](C=C(Cl)c2ccc(Cl)cc2)[C@@H]1C(=O)O. The predicted molar refractivity (Wildman–Crippen MR) is 73.7 cm³/mol. The second kappa shape index (κ2) is 4.60. The number of hydrogen-bond donors (Lipinski definition) is 1. The Morgan fingerprint density at radius 1 is 1.33 bits per heavy atom. The molecule has 1 aliphatic rings. The quantitative estimate of drug-likeness (QED) is 0.900. The Balaban J connectivity index is 2.20. The van der Waals surface area contributed by atoms with Crippen LogP contribution in [0.2, 0.25) is 5.02 Å². The molecule has 0 aliphatic heterocycles. The molecule has 0 bridgehead atoms. The van der Waals surface area contributed by atoms with E-state index in [0.717, 1.165) is 5.56 Å². The van der Waals surface area contributed by atoms with Crippen LogP contribution < -0.4 is 0 Å². The van der Waals surface area contributed by atoms with E-state index < -0.39 is 5.97 Å². The van der Waals surface area contributed by atoms with Gasteiger partial charge in [-0.3, -0.25) is 4.79 Å². The molecule has 96 valence electrons. The number of hydrogen-bond acceptors (Lipinski definition) is 1. The summed E-state index contributed by atoms with van der Waals surface area (Å²) in [7, 11) is 0. The summed E-state index contributed by atoms with van der Waals surface area (Å²) in [6, 6.07) is 7.18. The van der Waals surface area contributed by atoms with Crippen molar-refractivity contribution in [1.29, 1.82) is 0 Å². The highest BCUT2D eigenvalue weighted by atomic mass is 35.5. The summed E-state index contributed by atoms with van der Waals surface area (Å²) >= 11 is 12.0. The third kappa shape index (κ3) is 2.40. The smallest absolute Gasteiger partial charge is 0.307 e. The largest absolute Gasteiger partial charge is 0.481 e. The first-order chi connectivity index (χ1) is 8.34. The van der Waals surface area contributed by atoms with E-state index in [2.05, 4.69) is 0 Å². The van der Waals surface area contributed by atoms with E-state index in [1.165, 1.54) is 0 Å². The number of halogens is 2. The van der Waals surface area contributed by atoms with E-state index >= 15 is 0 Å². The van der Waals surface area contributed by atoms with Gasteiger partial charge in [-0.1, -0.05) is 55.3 Å². The lowest BCUT2D eigenvalue weighted by atomic mass is 10.1. The van der Waals surface area contributed by atoms with Crippen LogP contribution >= 0.6 is 23.2 Å². The number of carboxylic acids is 1. The summed E-state index contributed by atoms with van der Waals surface area (Å²) < 4.78 is 0. The molecule has 18 heavy (non-hydrogen) atoms. The van der Waals surface area contributed by atoms with Gasteiger partial charge in [-0.05, 0) is 29.0 Å². The van der Waals surface area contributed by atoms with Crippen LogP contribution in [-0.2, 0) is 4.79 Å². The van der Waals surface area contributed by atoms with Crippen molar-refractivity contribution in [2.45, 2.75) is 13.8 Å². The summed E-state index contributed by atoms with van der Waals surface area (Å²) in [5, 5.41) is 10.3. The second-order valence-electron chi connectivity index (χ2n) is 5.18. The summed E-state index contributed by atoms with van der Waals surface area (Å²) in [6.07, 6.45) is 1.84. The molecule has 2 rings (SSSR count). The molecule has 1 aromatic rings. The molecule has 1 fully saturated rings. The maximum Gasteiger partial charge on any atom is 0.307 e. The van der Waals surface area contributed by atoms with Gasteiger partial charge in [-0.2, -0.15) is 0 Å². The number of benzene rings is 1. The third-order valence-electron chi connectivity index (χ3n) is 3.62. The standard InChI is InChI=1S/C14H14Cl2O2/c1-14(2)10(12(14)13(17)18)7-11(16)8-3-5-9(15)6-4-8/h3-7,10,12H,1-2H3,(H,17,18)/t10-,12+/m0/s1. The van der Waals surface area contributed by atoms with Crippen LogP contribution in [0.25, 0.3) is 5.03 Å². The Kier molecular flexibility index (Phi) is 3.43. The van der Waals surface area contributed by atoms with Gasteiger partial charge < -0.3 is 5.11 Å². The van der Waals surface area contributed by atoms with Gasteiger partial charge in [0.1, 0.15) is 0 Å². The van der Waals surface area contributed by atoms with Gasteiger partial charge in [-0.25, -0.2) is 0 Å². The van der Waals surface area contributed by atoms with Crippen LogP contribution in [-0.4, -0.2) is 11.1 Å². The minimum absolute atomic E-state index is 0.0156. The average molecular weight is 285 g/mol. The fraction of sp³-hybridized carbons (Fsp3) is 0.357. The van der Waals surface area contributed by atoms with E-state index in [0.29, 0.717) is 10.1 Å². The van der Waals surface area contributed by atoms with Crippen LogP contribution in [0.1, 0.15) is 19.4 Å². The Morgan fingerprint density at radius 2 is 1.89 bits per heavy atom. The van der Waals surface area contributed by atoms with E-state index in [-0.39, 0.29) is 17.3 Å². The molecule has 2 atom stereocenters. The first kappa shape index (κ1) is 13.4. The summed E-state index contributed by atoms with van der Waals surface area (Å²) in [4.78, 5) is 11.1. The molecule has 1 aromatic carbocycles. The number of carboxylic acid groups (broad SMARTS) is 1. The number of aliphatic carboxylic acids is 1. The fourth-order valence-corrected chi connectivity index (χ4v) is 2.71. The Hall–Kier alpha value is -0.990. The minimum atomic E-state index is -0.762. The Morgan fingerprint density at radius 3 is 2.33 bits per heavy atom. The number of rotatable bonds is 3. The van der Waals surface area contributed by atoms with Crippen molar-refractivity contribution in [3.8, 4) is 0 Å². The summed E-state index contributed by atoms with van der Waals surface area (Å²) in [6.45, 7) is 3.89. The lowest BCUT2D eigenvalue weighted by Gasteiger charge is -2.01. The predicted octanol–water partition coefficient (Wildman–Crippen LogP) is 4.28. The molecule has 4 heteroatoms. The zero-order valence-electron chi connectivity index (χ0n) is 10.2. The zero-order valence-corrected chi connectivity index (χ0v) is 11.7. The van der Waals surface area contributed by atoms with Crippen molar-refractivity contribution in [2.75, 3.05) is 0 Å². The first-order valence-electron chi connectivity index (χ1n) is 5.70. The van der Waals surface area contributed by atoms with Crippen molar-refractivity contribution < 1.29 is 9.90 Å². The molecule has 1 N–H and O–H groups in total. The van der Waals surface area contributed by atoms with E-state index in [1.807, 2.05) is 32.1 Å². The first-order valence-corrected chi connectivity index (χ1v) is 6.45. The van der Waals surface area contributed by atoms with E-state index in [1.54, 1.807) is 12.1 Å². The van der Waals surface area contributed by atoms with Crippen LogP contribution in [0.4, 0.5) is 0 Å². The highest BCUT2D eigenvalue weighted by Crippen LogP contribution is 2.59. The normalized spacial score (nSPS) is 25.9. The topological polar surface area (TPSA) is 37.3 Å². The molecule has 0 saturated heterocycles. The zero-order chi connectivity index (χ0) is 13.5. The van der Waals surface area contributed by atoms with Crippen LogP contribution in [0.15, 0.2) is 30.3 Å². The molecule has 0 heterocycles. The summed E-state index contributed by atoms with van der Waals surface area (Å²) in [5.41, 5.74) is 0.631. The highest BCUT2D eigenvalue weighted by molar-refractivity contribution is 6.48. The van der Waals surface area contributed by atoms with Crippen LogP contribution in [0, 0.1) is 17.3 Å². The minimum Gasteiger partial charge on any atom is -0.481 e. The van der Waals surface area contributed by atoms with Gasteiger partial charge in [-0.15, -0.1) is 0 Å². The average Bonchev–Trinajstić information content (AvgIpc) is 2.81. The molecule has 1 aliphatic carbocycles. The number of allylic oxidation sites excluding steroid dienone is 1. The molecule has 2 nitrogen and oxygen atoms in total. The molecular weight excluding hydrogens is 271 g/mol. The van der Waals surface area contributed by atoms with Crippen LogP contribution in [0.5, 0.6) is 0 Å². The molecule has 0 radical (unpaired) electrons. The molecule has 0 amide bonds. The molecule has 0 spiro atoms. The molecular formula is C14H14Cl2O2. The van der Waals surface area contributed by atoms with Gasteiger partial charge in [0.05, 0.1) is 5.92 Å². The van der Waals surface area contributed by atoms with Crippen molar-refractivity contribution in [1.82, 2.24) is 0 Å². The lowest BCUT2D eigenvalue weighted by molar-refractivity contribution is -0.139. The third-order valence-corrected chi connectivity index (χ3v) is 4.22. The Bertz CT molecular complexity index is 503. The lowest BCUT2D eigenvalue weighted by Crippen LogP contribution is -2.03. The van der Waals surface area contributed by atoms with E-state index in [4.69, 9.17) is 28.3 Å². The molecule has 1 saturated carbocycles. The van der Waals surface area contributed by atoms with Gasteiger partial charge in [0, 0.05) is 10.1 Å².